The first-order valence-corrected chi connectivity index (χ1v) is 5.56. The third kappa shape index (κ3) is 2.08. The molecule has 0 amide bonds. The summed E-state index contributed by atoms with van der Waals surface area (Å²) in [6.45, 7) is 0.731. The number of ether oxygens (including phenoxy) is 1. The van der Waals surface area contributed by atoms with Crippen LogP contribution in [0.1, 0.15) is 24.0 Å². The topological polar surface area (TPSA) is 42.4 Å². The molecule has 0 aliphatic carbocycles. The molecule has 0 saturated carbocycles. The Morgan fingerprint density at radius 2 is 2.50 bits per heavy atom. The van der Waals surface area contributed by atoms with Crippen LogP contribution in [-0.2, 0) is 4.74 Å². The summed E-state index contributed by atoms with van der Waals surface area (Å²) in [5, 5.41) is 10.5. The van der Waals surface area contributed by atoms with Gasteiger partial charge in [0.1, 0.15) is 15.4 Å². The van der Waals surface area contributed by atoms with E-state index in [0.29, 0.717) is 9.34 Å². The highest BCUT2D eigenvalue weighted by molar-refractivity contribution is 7.15. The predicted octanol–water partition coefficient (Wildman–Crippen LogP) is 2.52. The minimum Gasteiger partial charge on any atom is -0.501 e. The molecule has 3 nitrogen and oxygen atoms in total. The molecule has 0 spiro atoms. The maximum absolute atomic E-state index is 9.90. The SMILES string of the molecule is OC(C1=COCCC1)c1ncc(Cl)s1. The summed E-state index contributed by atoms with van der Waals surface area (Å²) in [5.41, 5.74) is 0.877. The Hall–Kier alpha value is -0.580. The Bertz CT molecular complexity index is 350. The van der Waals surface area contributed by atoms with E-state index in [1.165, 1.54) is 11.3 Å². The molecular formula is C9H10ClNO2S. The van der Waals surface area contributed by atoms with Gasteiger partial charge < -0.3 is 9.84 Å². The number of rotatable bonds is 2. The van der Waals surface area contributed by atoms with Crippen LogP contribution in [0.15, 0.2) is 18.0 Å². The molecule has 76 valence electrons. The minimum atomic E-state index is -0.659. The Morgan fingerprint density at radius 1 is 1.64 bits per heavy atom. The molecule has 1 aromatic rings. The summed E-state index contributed by atoms with van der Waals surface area (Å²) in [6, 6.07) is 0. The fourth-order valence-corrected chi connectivity index (χ4v) is 2.30. The second-order valence-electron chi connectivity index (χ2n) is 3.07. The molecule has 0 fully saturated rings. The Morgan fingerprint density at radius 3 is 3.07 bits per heavy atom. The standard InChI is InChI=1S/C9H10ClNO2S/c10-7-4-11-9(14-7)8(12)6-2-1-3-13-5-6/h4-5,8,12H,1-3H2. The molecule has 2 heterocycles. The van der Waals surface area contributed by atoms with Gasteiger partial charge in [0.25, 0.3) is 0 Å². The minimum absolute atomic E-state index is 0.594. The summed E-state index contributed by atoms with van der Waals surface area (Å²) in [5.74, 6) is 0. The maximum atomic E-state index is 9.90. The van der Waals surface area contributed by atoms with Crippen LogP contribution in [0.3, 0.4) is 0 Å². The molecule has 14 heavy (non-hydrogen) atoms. The summed E-state index contributed by atoms with van der Waals surface area (Å²) < 4.78 is 5.75. The van der Waals surface area contributed by atoms with E-state index in [9.17, 15) is 5.11 Å². The van der Waals surface area contributed by atoms with Gasteiger partial charge in [-0.15, -0.1) is 11.3 Å². The lowest BCUT2D eigenvalue weighted by Crippen LogP contribution is -2.07. The number of thiazole rings is 1. The number of halogens is 1. The van der Waals surface area contributed by atoms with Crippen LogP contribution in [-0.4, -0.2) is 16.7 Å². The van der Waals surface area contributed by atoms with E-state index in [2.05, 4.69) is 4.98 Å². The summed E-state index contributed by atoms with van der Waals surface area (Å²) in [6.07, 6.45) is 4.33. The second kappa shape index (κ2) is 4.29. The molecule has 2 rings (SSSR count). The molecule has 1 atom stereocenters. The number of hydrogen-bond acceptors (Lipinski definition) is 4. The summed E-state index contributed by atoms with van der Waals surface area (Å²) >= 11 is 7.04. The van der Waals surface area contributed by atoms with Gasteiger partial charge in [-0.25, -0.2) is 4.98 Å². The average molecular weight is 232 g/mol. The fourth-order valence-electron chi connectivity index (χ4n) is 1.34. The first-order valence-electron chi connectivity index (χ1n) is 4.37. The first-order chi connectivity index (χ1) is 6.77. The van der Waals surface area contributed by atoms with Crippen LogP contribution in [0.25, 0.3) is 0 Å². The van der Waals surface area contributed by atoms with Gasteiger partial charge in [0, 0.05) is 0 Å². The molecule has 1 unspecified atom stereocenters. The molecule has 1 N–H and O–H groups in total. The first kappa shape index (κ1) is 9.96. The predicted molar refractivity (Wildman–Crippen MR) is 55.4 cm³/mol. The maximum Gasteiger partial charge on any atom is 0.130 e. The lowest BCUT2D eigenvalue weighted by Gasteiger charge is -2.16. The Balaban J connectivity index is 2.14. The largest absolute Gasteiger partial charge is 0.501 e. The average Bonchev–Trinajstić information content (AvgIpc) is 2.65. The van der Waals surface area contributed by atoms with Gasteiger partial charge in [0.05, 0.1) is 19.1 Å². The van der Waals surface area contributed by atoms with E-state index in [-0.39, 0.29) is 0 Å². The summed E-state index contributed by atoms with van der Waals surface area (Å²) in [4.78, 5) is 4.03. The highest BCUT2D eigenvalue weighted by Gasteiger charge is 2.19. The van der Waals surface area contributed by atoms with Crippen molar-refractivity contribution < 1.29 is 9.84 Å². The quantitative estimate of drug-likeness (QED) is 0.851. The van der Waals surface area contributed by atoms with Crippen molar-refractivity contribution in [2.45, 2.75) is 18.9 Å². The lowest BCUT2D eigenvalue weighted by atomic mass is 10.1. The van der Waals surface area contributed by atoms with E-state index in [1.54, 1.807) is 12.5 Å². The van der Waals surface area contributed by atoms with Crippen molar-refractivity contribution in [3.63, 3.8) is 0 Å². The second-order valence-corrected chi connectivity index (χ2v) is 4.77. The molecule has 0 bridgehead atoms. The van der Waals surface area contributed by atoms with Crippen molar-refractivity contribution in [2.75, 3.05) is 6.61 Å². The van der Waals surface area contributed by atoms with Gasteiger partial charge >= 0.3 is 0 Å². The third-order valence-electron chi connectivity index (χ3n) is 2.04. The van der Waals surface area contributed by atoms with Gasteiger partial charge in [-0.05, 0) is 18.4 Å². The monoisotopic (exact) mass is 231 g/mol. The number of aliphatic hydroxyl groups excluding tert-OH is 1. The Kier molecular flexibility index (Phi) is 3.05. The van der Waals surface area contributed by atoms with Crippen LogP contribution >= 0.6 is 22.9 Å². The van der Waals surface area contributed by atoms with Crippen molar-refractivity contribution in [2.24, 2.45) is 0 Å². The molecule has 5 heteroatoms. The van der Waals surface area contributed by atoms with Crippen LogP contribution in [0.2, 0.25) is 4.34 Å². The van der Waals surface area contributed by atoms with Gasteiger partial charge in [0.15, 0.2) is 0 Å². The van der Waals surface area contributed by atoms with E-state index in [4.69, 9.17) is 16.3 Å². The van der Waals surface area contributed by atoms with Gasteiger partial charge in [-0.3, -0.25) is 0 Å². The number of hydrogen-bond donors (Lipinski definition) is 1. The highest BCUT2D eigenvalue weighted by atomic mass is 35.5. The van der Waals surface area contributed by atoms with E-state index in [0.717, 1.165) is 25.0 Å². The van der Waals surface area contributed by atoms with Crippen LogP contribution < -0.4 is 0 Å². The summed E-state index contributed by atoms with van der Waals surface area (Å²) in [7, 11) is 0. The van der Waals surface area contributed by atoms with Gasteiger partial charge in [-0.2, -0.15) is 0 Å². The van der Waals surface area contributed by atoms with Crippen molar-refractivity contribution in [3.05, 3.63) is 27.4 Å². The smallest absolute Gasteiger partial charge is 0.130 e. The highest BCUT2D eigenvalue weighted by Crippen LogP contribution is 2.31. The zero-order valence-electron chi connectivity index (χ0n) is 7.44. The fraction of sp³-hybridized carbons (Fsp3) is 0.444. The van der Waals surface area contributed by atoms with Crippen LogP contribution in [0.5, 0.6) is 0 Å². The van der Waals surface area contributed by atoms with Crippen molar-refractivity contribution >= 4 is 22.9 Å². The number of aliphatic hydroxyl groups is 1. The molecular weight excluding hydrogens is 222 g/mol. The molecule has 0 aromatic carbocycles. The normalized spacial score (nSPS) is 18.6. The Labute approximate surface area is 91.0 Å². The lowest BCUT2D eigenvalue weighted by molar-refractivity contribution is 0.170. The molecule has 0 radical (unpaired) electrons. The molecule has 0 saturated heterocycles. The molecule has 1 aromatic heterocycles. The number of nitrogens with zero attached hydrogens (tertiary/aromatic N) is 1. The van der Waals surface area contributed by atoms with E-state index in [1.807, 2.05) is 0 Å². The molecule has 1 aliphatic heterocycles. The molecule has 1 aliphatic rings. The van der Waals surface area contributed by atoms with Crippen LogP contribution in [0, 0.1) is 0 Å². The zero-order valence-corrected chi connectivity index (χ0v) is 9.01. The van der Waals surface area contributed by atoms with Crippen molar-refractivity contribution in [1.29, 1.82) is 0 Å². The van der Waals surface area contributed by atoms with Crippen molar-refractivity contribution in [1.82, 2.24) is 4.98 Å². The van der Waals surface area contributed by atoms with Crippen LogP contribution in [0.4, 0.5) is 0 Å². The zero-order chi connectivity index (χ0) is 9.97. The third-order valence-corrected chi connectivity index (χ3v) is 3.21. The van der Waals surface area contributed by atoms with Gasteiger partial charge in [-0.1, -0.05) is 11.6 Å². The van der Waals surface area contributed by atoms with Gasteiger partial charge in [0.2, 0.25) is 0 Å². The number of aromatic nitrogens is 1. The van der Waals surface area contributed by atoms with E-state index < -0.39 is 6.10 Å². The van der Waals surface area contributed by atoms with Crippen molar-refractivity contribution in [3.8, 4) is 0 Å². The van der Waals surface area contributed by atoms with E-state index >= 15 is 0 Å².